The Morgan fingerprint density at radius 1 is 0.957 bits per heavy atom. The van der Waals surface area contributed by atoms with Crippen LogP contribution in [0.4, 0.5) is 0 Å². The van der Waals surface area contributed by atoms with E-state index in [0.29, 0.717) is 5.75 Å². The minimum atomic E-state index is 0.303. The molecule has 0 saturated heterocycles. The van der Waals surface area contributed by atoms with E-state index in [4.69, 9.17) is 0 Å². The number of allylic oxidation sites excluding steroid dienone is 5. The van der Waals surface area contributed by atoms with Crippen molar-refractivity contribution in [3.8, 4) is 5.75 Å². The first kappa shape index (κ1) is 15.4. The fourth-order valence-electron chi connectivity index (χ4n) is 3.10. The molecule has 0 aliphatic heterocycles. The van der Waals surface area contributed by atoms with Gasteiger partial charge in [-0.3, -0.25) is 0 Å². The van der Waals surface area contributed by atoms with Gasteiger partial charge < -0.3 is 5.11 Å². The first-order valence-electron chi connectivity index (χ1n) is 8.14. The van der Waals surface area contributed by atoms with E-state index in [1.165, 1.54) is 27.8 Å². The van der Waals surface area contributed by atoms with Gasteiger partial charge in [0.25, 0.3) is 0 Å². The van der Waals surface area contributed by atoms with E-state index in [2.05, 4.69) is 56.3 Å². The van der Waals surface area contributed by atoms with Gasteiger partial charge in [0.1, 0.15) is 5.75 Å². The van der Waals surface area contributed by atoms with Crippen molar-refractivity contribution < 1.29 is 5.11 Å². The number of hydrogen-bond donors (Lipinski definition) is 1. The molecule has 0 heterocycles. The van der Waals surface area contributed by atoms with Crippen molar-refractivity contribution in [2.75, 3.05) is 0 Å². The molecule has 1 N–H and O–H groups in total. The number of aryl methyl sites for hydroxylation is 1. The van der Waals surface area contributed by atoms with Crippen molar-refractivity contribution in [3.63, 3.8) is 0 Å². The second kappa shape index (κ2) is 6.70. The monoisotopic (exact) mass is 302 g/mol. The second-order valence-electron chi connectivity index (χ2n) is 5.94. The van der Waals surface area contributed by atoms with Crippen LogP contribution in [-0.2, 0) is 0 Å². The van der Waals surface area contributed by atoms with Crippen molar-refractivity contribution in [3.05, 3.63) is 94.6 Å². The summed E-state index contributed by atoms with van der Waals surface area (Å²) < 4.78 is 0. The molecule has 0 bridgehead atoms. The Morgan fingerprint density at radius 3 is 2.09 bits per heavy atom. The molecule has 1 aliphatic carbocycles. The lowest BCUT2D eigenvalue weighted by Crippen LogP contribution is -1.97. The summed E-state index contributed by atoms with van der Waals surface area (Å²) in [5, 5.41) is 9.62. The maximum absolute atomic E-state index is 9.62. The molecule has 0 spiro atoms. The minimum absolute atomic E-state index is 0.303. The zero-order chi connectivity index (χ0) is 16.2. The van der Waals surface area contributed by atoms with Gasteiger partial charge in [0.15, 0.2) is 0 Å². The predicted molar refractivity (Wildman–Crippen MR) is 97.4 cm³/mol. The SMILES string of the molecule is CC/C(C1=CC=CC1)=C(\c1ccc(C)cc1)c1ccc(O)cc1. The Hall–Kier alpha value is -2.54. The lowest BCUT2D eigenvalue weighted by atomic mass is 9.87. The largest absolute Gasteiger partial charge is 0.508 e. The minimum Gasteiger partial charge on any atom is -0.508 e. The first-order chi connectivity index (χ1) is 11.2. The van der Waals surface area contributed by atoms with Crippen molar-refractivity contribution in [1.82, 2.24) is 0 Å². The standard InChI is InChI=1S/C22H22O/c1-3-21(17-6-4-5-7-17)22(18-10-8-16(2)9-11-18)19-12-14-20(23)15-13-19/h4-6,8-15,23H,3,7H2,1-2H3/b22-21-. The number of rotatable bonds is 4. The smallest absolute Gasteiger partial charge is 0.115 e. The Kier molecular flexibility index (Phi) is 4.47. The third-order valence-electron chi connectivity index (χ3n) is 4.31. The highest BCUT2D eigenvalue weighted by molar-refractivity contribution is 5.85. The molecule has 2 aromatic rings. The van der Waals surface area contributed by atoms with Crippen molar-refractivity contribution in [2.24, 2.45) is 0 Å². The van der Waals surface area contributed by atoms with Gasteiger partial charge in [-0.15, -0.1) is 0 Å². The summed E-state index contributed by atoms with van der Waals surface area (Å²) >= 11 is 0. The van der Waals surface area contributed by atoms with Gasteiger partial charge in [-0.2, -0.15) is 0 Å². The van der Waals surface area contributed by atoms with E-state index in [-0.39, 0.29) is 0 Å². The summed E-state index contributed by atoms with van der Waals surface area (Å²) in [5.74, 6) is 0.303. The average molecular weight is 302 g/mol. The van der Waals surface area contributed by atoms with Crippen LogP contribution in [0.5, 0.6) is 5.75 Å². The first-order valence-corrected chi connectivity index (χ1v) is 8.14. The van der Waals surface area contributed by atoms with Crippen LogP contribution in [0.15, 0.2) is 77.9 Å². The quantitative estimate of drug-likeness (QED) is 0.757. The summed E-state index contributed by atoms with van der Waals surface area (Å²) in [6.45, 7) is 4.32. The third-order valence-corrected chi connectivity index (χ3v) is 4.31. The van der Waals surface area contributed by atoms with Crippen molar-refractivity contribution in [1.29, 1.82) is 0 Å². The summed E-state index contributed by atoms with van der Waals surface area (Å²) in [4.78, 5) is 0. The topological polar surface area (TPSA) is 20.2 Å². The average Bonchev–Trinajstić information content (AvgIpc) is 3.09. The zero-order valence-electron chi connectivity index (χ0n) is 13.7. The molecule has 116 valence electrons. The summed E-state index contributed by atoms with van der Waals surface area (Å²) in [7, 11) is 0. The van der Waals surface area contributed by atoms with Crippen LogP contribution < -0.4 is 0 Å². The molecule has 23 heavy (non-hydrogen) atoms. The van der Waals surface area contributed by atoms with E-state index in [1.54, 1.807) is 12.1 Å². The van der Waals surface area contributed by atoms with Gasteiger partial charge in [0.05, 0.1) is 0 Å². The molecule has 0 fully saturated rings. The highest BCUT2D eigenvalue weighted by atomic mass is 16.3. The number of aromatic hydroxyl groups is 1. The van der Waals surface area contributed by atoms with E-state index in [9.17, 15) is 5.11 Å². The molecule has 1 nitrogen and oxygen atoms in total. The van der Waals surface area contributed by atoms with Gasteiger partial charge in [-0.25, -0.2) is 0 Å². The van der Waals surface area contributed by atoms with E-state index in [0.717, 1.165) is 18.4 Å². The molecule has 0 saturated carbocycles. The molecule has 3 rings (SSSR count). The van der Waals surface area contributed by atoms with Crippen LogP contribution in [0.1, 0.15) is 36.5 Å². The van der Waals surface area contributed by atoms with E-state index < -0.39 is 0 Å². The summed E-state index contributed by atoms with van der Waals surface area (Å²) in [5.41, 5.74) is 7.67. The van der Waals surface area contributed by atoms with Crippen LogP contribution >= 0.6 is 0 Å². The molecule has 0 radical (unpaired) electrons. The van der Waals surface area contributed by atoms with E-state index in [1.807, 2.05) is 12.1 Å². The fraction of sp³-hybridized carbons (Fsp3) is 0.182. The van der Waals surface area contributed by atoms with Gasteiger partial charge in [-0.05, 0) is 59.7 Å². The fourth-order valence-corrected chi connectivity index (χ4v) is 3.10. The summed E-state index contributed by atoms with van der Waals surface area (Å²) in [6, 6.07) is 16.2. The number of hydrogen-bond acceptors (Lipinski definition) is 1. The lowest BCUT2D eigenvalue weighted by molar-refractivity contribution is 0.475. The normalized spacial score (nSPS) is 14.6. The molecule has 1 heteroatoms. The molecule has 2 aromatic carbocycles. The maximum atomic E-state index is 9.62. The Labute approximate surface area is 138 Å². The van der Waals surface area contributed by atoms with E-state index >= 15 is 0 Å². The van der Waals surface area contributed by atoms with Gasteiger partial charge in [0.2, 0.25) is 0 Å². The zero-order valence-corrected chi connectivity index (χ0v) is 13.7. The summed E-state index contributed by atoms with van der Waals surface area (Å²) in [6.07, 6.45) is 8.53. The Bertz CT molecular complexity index is 724. The molecule has 1 aliphatic rings. The molecule has 0 aromatic heterocycles. The Balaban J connectivity index is 2.20. The number of phenols is 1. The predicted octanol–water partition coefficient (Wildman–Crippen LogP) is 5.80. The van der Waals surface area contributed by atoms with Crippen LogP contribution in [-0.4, -0.2) is 5.11 Å². The molecular formula is C22H22O. The van der Waals surface area contributed by atoms with Gasteiger partial charge >= 0.3 is 0 Å². The van der Waals surface area contributed by atoms with Crippen LogP contribution in [0.25, 0.3) is 5.57 Å². The molecular weight excluding hydrogens is 280 g/mol. The van der Waals surface area contributed by atoms with Crippen molar-refractivity contribution >= 4 is 5.57 Å². The second-order valence-corrected chi connectivity index (χ2v) is 5.94. The third kappa shape index (κ3) is 3.29. The molecule has 0 amide bonds. The van der Waals surface area contributed by atoms with Crippen LogP contribution in [0.2, 0.25) is 0 Å². The molecule has 0 unspecified atom stereocenters. The van der Waals surface area contributed by atoms with Gasteiger partial charge in [-0.1, -0.05) is 67.1 Å². The van der Waals surface area contributed by atoms with Crippen LogP contribution in [0, 0.1) is 6.92 Å². The number of phenolic OH excluding ortho intramolecular Hbond substituents is 1. The number of benzene rings is 2. The Morgan fingerprint density at radius 2 is 1.57 bits per heavy atom. The molecule has 0 atom stereocenters. The van der Waals surface area contributed by atoms with Crippen LogP contribution in [0.3, 0.4) is 0 Å². The van der Waals surface area contributed by atoms with Gasteiger partial charge in [0, 0.05) is 0 Å². The highest BCUT2D eigenvalue weighted by Gasteiger charge is 2.15. The highest BCUT2D eigenvalue weighted by Crippen LogP contribution is 2.35. The lowest BCUT2D eigenvalue weighted by Gasteiger charge is -2.17. The maximum Gasteiger partial charge on any atom is 0.115 e. The van der Waals surface area contributed by atoms with Crippen molar-refractivity contribution in [2.45, 2.75) is 26.7 Å².